The van der Waals surface area contributed by atoms with Gasteiger partial charge < -0.3 is 14.2 Å². The van der Waals surface area contributed by atoms with Crippen LogP contribution < -0.4 is 9.47 Å². The smallest absolute Gasteiger partial charge is 0.363 e. The number of benzene rings is 3. The quantitative estimate of drug-likeness (QED) is 0.216. The minimum absolute atomic E-state index is 0.175. The maximum absolute atomic E-state index is 12.4. The second-order valence-electron chi connectivity index (χ2n) is 7.02. The van der Waals surface area contributed by atoms with Crippen LogP contribution in [0.15, 0.2) is 80.3 Å². The topological polar surface area (TPSA) is 57.1 Å². The van der Waals surface area contributed by atoms with Crippen LogP contribution in [0.2, 0.25) is 5.02 Å². The first kappa shape index (κ1) is 23.5. The van der Waals surface area contributed by atoms with E-state index in [0.717, 1.165) is 14.5 Å². The van der Waals surface area contributed by atoms with Gasteiger partial charge in [0.1, 0.15) is 6.61 Å². The number of hydrogen-bond donors (Lipinski definition) is 0. The summed E-state index contributed by atoms with van der Waals surface area (Å²) in [5.74, 6) is 0.643. The average Bonchev–Trinajstić information content (AvgIpc) is 3.14. The van der Waals surface area contributed by atoms with Gasteiger partial charge in [0.15, 0.2) is 17.2 Å². The molecule has 168 valence electrons. The lowest BCUT2D eigenvalue weighted by molar-refractivity contribution is -0.129. The van der Waals surface area contributed by atoms with E-state index in [1.54, 1.807) is 18.2 Å². The van der Waals surface area contributed by atoms with Crippen molar-refractivity contribution in [2.45, 2.75) is 13.5 Å². The maximum Gasteiger partial charge on any atom is 0.363 e. The van der Waals surface area contributed by atoms with Crippen LogP contribution in [-0.4, -0.2) is 18.5 Å². The summed E-state index contributed by atoms with van der Waals surface area (Å²) in [6.07, 6.45) is 1.61. The lowest BCUT2D eigenvalue weighted by atomic mass is 10.1. The molecule has 0 unspecified atom stereocenters. The summed E-state index contributed by atoms with van der Waals surface area (Å²) in [6.45, 7) is 2.63. The van der Waals surface area contributed by atoms with E-state index in [4.69, 9.17) is 25.8 Å². The van der Waals surface area contributed by atoms with Crippen molar-refractivity contribution in [1.29, 1.82) is 0 Å². The van der Waals surface area contributed by atoms with E-state index >= 15 is 0 Å². The largest absolute Gasteiger partial charge is 0.490 e. The fourth-order valence-corrected chi connectivity index (χ4v) is 4.12. The summed E-state index contributed by atoms with van der Waals surface area (Å²) in [6, 6.07) is 18.6. The van der Waals surface area contributed by atoms with Crippen LogP contribution in [0.1, 0.15) is 23.6 Å². The van der Waals surface area contributed by atoms with Crippen molar-refractivity contribution in [1.82, 2.24) is 0 Å². The number of cyclic esters (lactones) is 1. The molecule has 0 spiro atoms. The van der Waals surface area contributed by atoms with Crippen LogP contribution in [0.25, 0.3) is 6.08 Å². The molecule has 8 heteroatoms. The molecule has 0 aromatic heterocycles. The highest BCUT2D eigenvalue weighted by atomic mass is 79.9. The Morgan fingerprint density at radius 3 is 2.55 bits per heavy atom. The van der Waals surface area contributed by atoms with Gasteiger partial charge in [-0.1, -0.05) is 55.6 Å². The number of esters is 1. The monoisotopic (exact) mass is 589 g/mol. The number of halogens is 3. The zero-order valence-corrected chi connectivity index (χ0v) is 21.4. The zero-order chi connectivity index (χ0) is 23.4. The number of rotatable bonds is 7. The first-order chi connectivity index (χ1) is 15.9. The van der Waals surface area contributed by atoms with Crippen LogP contribution in [-0.2, 0) is 16.1 Å². The lowest BCUT2D eigenvalue weighted by Gasteiger charge is -2.14. The van der Waals surface area contributed by atoms with Crippen molar-refractivity contribution in [3.05, 3.63) is 97.0 Å². The van der Waals surface area contributed by atoms with E-state index in [0.29, 0.717) is 40.9 Å². The molecule has 3 aromatic rings. The molecule has 0 N–H and O–H groups in total. The standard InChI is InChI=1S/C25H18Br2ClNO4/c1-2-31-22-13-16(11-20(28)23(22)32-14-15-4-3-5-19(27)10-15)12-21-25(30)33-24(29-21)17-6-8-18(26)9-7-17/h3-13H,2,14H2,1H3/b21-12-. The highest BCUT2D eigenvalue weighted by Crippen LogP contribution is 2.38. The van der Waals surface area contributed by atoms with Crippen molar-refractivity contribution < 1.29 is 19.0 Å². The van der Waals surface area contributed by atoms with E-state index in [9.17, 15) is 4.79 Å². The van der Waals surface area contributed by atoms with Crippen LogP contribution >= 0.6 is 43.5 Å². The van der Waals surface area contributed by atoms with Crippen LogP contribution in [0.3, 0.4) is 0 Å². The molecule has 0 radical (unpaired) electrons. The first-order valence-electron chi connectivity index (χ1n) is 10.0. The number of aliphatic imine (C=N–C) groups is 1. The first-order valence-corrected chi connectivity index (χ1v) is 12.0. The highest BCUT2D eigenvalue weighted by molar-refractivity contribution is 9.10. The Bertz CT molecular complexity index is 1260. The maximum atomic E-state index is 12.4. The molecule has 5 nitrogen and oxygen atoms in total. The highest BCUT2D eigenvalue weighted by Gasteiger charge is 2.24. The van der Waals surface area contributed by atoms with E-state index in [1.165, 1.54) is 0 Å². The molecule has 0 atom stereocenters. The van der Waals surface area contributed by atoms with E-state index in [-0.39, 0.29) is 11.6 Å². The van der Waals surface area contributed by atoms with E-state index < -0.39 is 5.97 Å². The summed E-state index contributed by atoms with van der Waals surface area (Å²) >= 11 is 13.4. The van der Waals surface area contributed by atoms with E-state index in [2.05, 4.69) is 36.9 Å². The second kappa shape index (κ2) is 10.5. The third-order valence-corrected chi connectivity index (χ3v) is 5.92. The molecular weight excluding hydrogens is 574 g/mol. The Morgan fingerprint density at radius 1 is 1.03 bits per heavy atom. The van der Waals surface area contributed by atoms with Gasteiger partial charge in [0.2, 0.25) is 5.90 Å². The summed E-state index contributed by atoms with van der Waals surface area (Å²) in [7, 11) is 0. The Labute approximate surface area is 213 Å². The normalized spacial score (nSPS) is 14.2. The summed E-state index contributed by atoms with van der Waals surface area (Å²) in [4.78, 5) is 16.7. The van der Waals surface area contributed by atoms with Gasteiger partial charge in [-0.25, -0.2) is 9.79 Å². The number of nitrogens with zero attached hydrogens (tertiary/aromatic N) is 1. The van der Waals surface area contributed by atoms with Crippen molar-refractivity contribution in [2.24, 2.45) is 4.99 Å². The SMILES string of the molecule is CCOc1cc(/C=C2\N=C(c3ccc(Br)cc3)OC2=O)cc(Cl)c1OCc1cccc(Br)c1. The summed E-state index contributed by atoms with van der Waals surface area (Å²) in [5.41, 5.74) is 2.51. The van der Waals surface area contributed by atoms with Gasteiger partial charge in [0, 0.05) is 14.5 Å². The van der Waals surface area contributed by atoms with Gasteiger partial charge in [-0.3, -0.25) is 0 Å². The van der Waals surface area contributed by atoms with Gasteiger partial charge in [-0.15, -0.1) is 0 Å². The minimum Gasteiger partial charge on any atom is -0.490 e. The van der Waals surface area contributed by atoms with Crippen LogP contribution in [0.5, 0.6) is 11.5 Å². The molecule has 33 heavy (non-hydrogen) atoms. The summed E-state index contributed by atoms with van der Waals surface area (Å²) in [5, 5.41) is 0.367. The molecule has 1 heterocycles. The second-order valence-corrected chi connectivity index (χ2v) is 9.26. The third kappa shape index (κ3) is 5.85. The number of carbonyl (C=O) groups is 1. The predicted molar refractivity (Wildman–Crippen MR) is 136 cm³/mol. The van der Waals surface area contributed by atoms with Crippen molar-refractivity contribution >= 4 is 61.4 Å². The van der Waals surface area contributed by atoms with Gasteiger partial charge in [-0.2, -0.15) is 0 Å². The lowest BCUT2D eigenvalue weighted by Crippen LogP contribution is -2.05. The molecule has 1 aliphatic heterocycles. The molecule has 1 aliphatic rings. The molecular formula is C25H18Br2ClNO4. The Balaban J connectivity index is 1.61. The molecule has 3 aromatic carbocycles. The molecule has 0 bridgehead atoms. The van der Waals surface area contributed by atoms with Crippen molar-refractivity contribution in [3.63, 3.8) is 0 Å². The third-order valence-electron chi connectivity index (χ3n) is 4.62. The Kier molecular flexibility index (Phi) is 7.53. The van der Waals surface area contributed by atoms with Crippen molar-refractivity contribution in [2.75, 3.05) is 6.61 Å². The van der Waals surface area contributed by atoms with Gasteiger partial charge in [0.05, 0.1) is 11.6 Å². The number of carbonyl (C=O) groups excluding carboxylic acids is 1. The van der Waals surface area contributed by atoms with Crippen LogP contribution in [0.4, 0.5) is 0 Å². The van der Waals surface area contributed by atoms with Crippen LogP contribution in [0, 0.1) is 0 Å². The molecule has 0 saturated carbocycles. The van der Waals surface area contributed by atoms with Crippen molar-refractivity contribution in [3.8, 4) is 11.5 Å². The molecule has 0 aliphatic carbocycles. The zero-order valence-electron chi connectivity index (χ0n) is 17.5. The molecule has 0 amide bonds. The Hall–Kier alpha value is -2.61. The summed E-state index contributed by atoms with van der Waals surface area (Å²) < 4.78 is 19.0. The van der Waals surface area contributed by atoms with Gasteiger partial charge in [-0.05, 0) is 72.7 Å². The van der Waals surface area contributed by atoms with Gasteiger partial charge >= 0.3 is 5.97 Å². The molecule has 0 saturated heterocycles. The fourth-order valence-electron chi connectivity index (χ4n) is 3.14. The number of ether oxygens (including phenoxy) is 3. The van der Waals surface area contributed by atoms with E-state index in [1.807, 2.05) is 55.5 Å². The number of hydrogen-bond acceptors (Lipinski definition) is 5. The Morgan fingerprint density at radius 2 is 1.82 bits per heavy atom. The van der Waals surface area contributed by atoms with Gasteiger partial charge in [0.25, 0.3) is 0 Å². The minimum atomic E-state index is -0.531. The molecule has 0 fully saturated rings. The average molecular weight is 592 g/mol. The fraction of sp³-hybridized carbons (Fsp3) is 0.120. The molecule has 4 rings (SSSR count). The predicted octanol–water partition coefficient (Wildman–Crippen LogP) is 7.19.